The van der Waals surface area contributed by atoms with Crippen LogP contribution >= 0.6 is 0 Å². The van der Waals surface area contributed by atoms with Gasteiger partial charge in [-0.05, 0) is 45.7 Å². The van der Waals surface area contributed by atoms with Crippen molar-refractivity contribution >= 4 is 22.4 Å². The fraction of sp³-hybridized carbons (Fsp3) is 0. The zero-order chi connectivity index (χ0) is 18.5. The molecule has 0 amide bonds. The smallest absolute Gasteiger partial charge is 0.138 e. The summed E-state index contributed by atoms with van der Waals surface area (Å²) in [7, 11) is 0. The molecule has 0 unspecified atom stereocenters. The molecule has 0 aromatic heterocycles. The Morgan fingerprint density at radius 1 is 0.778 bits per heavy atom. The van der Waals surface area contributed by atoms with Gasteiger partial charge in [-0.2, -0.15) is 5.26 Å². The lowest BCUT2D eigenvalue weighted by Gasteiger charge is -2.16. The third kappa shape index (κ3) is 3.73. The van der Waals surface area contributed by atoms with E-state index >= 15 is 0 Å². The molecule has 0 radical (unpaired) electrons. The Morgan fingerprint density at radius 2 is 1.56 bits per heavy atom. The topological polar surface area (TPSA) is 33.0 Å². The lowest BCUT2D eigenvalue weighted by molar-refractivity contribution is 0.334. The summed E-state index contributed by atoms with van der Waals surface area (Å²) >= 11 is 0. The van der Waals surface area contributed by atoms with Gasteiger partial charge in [0, 0.05) is 0 Å². The fourth-order valence-corrected chi connectivity index (χ4v) is 3.14. The maximum Gasteiger partial charge on any atom is 0.138 e. The van der Waals surface area contributed by atoms with Gasteiger partial charge in [0.2, 0.25) is 0 Å². The quantitative estimate of drug-likeness (QED) is 0.524. The number of rotatable bonds is 3. The number of nitrogens with zero attached hydrogens (tertiary/aromatic N) is 1. The van der Waals surface area contributed by atoms with Gasteiger partial charge in [-0.25, -0.2) is 0 Å². The van der Waals surface area contributed by atoms with Crippen molar-refractivity contribution in [3.63, 3.8) is 0 Å². The molecule has 1 heterocycles. The largest absolute Gasteiger partial charge is 0.457 e. The van der Waals surface area contributed by atoms with Crippen LogP contribution in [0.4, 0.5) is 0 Å². The maximum atomic E-state index is 9.07. The molecule has 0 saturated carbocycles. The predicted molar refractivity (Wildman–Crippen MR) is 110 cm³/mol. The highest BCUT2D eigenvalue weighted by Gasteiger charge is 2.12. The van der Waals surface area contributed by atoms with E-state index in [4.69, 9.17) is 10.00 Å². The summed E-state index contributed by atoms with van der Waals surface area (Å²) in [5, 5.41) is 11.4. The third-order valence-electron chi connectivity index (χ3n) is 4.38. The molecule has 128 valence electrons. The van der Waals surface area contributed by atoms with Crippen LogP contribution in [0.1, 0.15) is 11.1 Å². The highest BCUT2D eigenvalue weighted by molar-refractivity contribution is 5.97. The zero-order valence-corrected chi connectivity index (χ0v) is 14.7. The average molecular weight is 347 g/mol. The molecular formula is C25H17NO. The van der Waals surface area contributed by atoms with Crippen molar-refractivity contribution in [1.82, 2.24) is 0 Å². The number of allylic oxidation sites excluding steroid dienone is 5. The van der Waals surface area contributed by atoms with Crippen LogP contribution in [-0.4, -0.2) is 0 Å². The van der Waals surface area contributed by atoms with Crippen LogP contribution in [0.25, 0.3) is 22.4 Å². The molecule has 2 heteroatoms. The minimum atomic E-state index is 0.538. The summed E-state index contributed by atoms with van der Waals surface area (Å²) in [4.78, 5) is 0. The summed E-state index contributed by atoms with van der Waals surface area (Å²) in [6.07, 6.45) is 9.27. The maximum absolute atomic E-state index is 9.07. The van der Waals surface area contributed by atoms with E-state index in [9.17, 15) is 0 Å². The second-order valence-electron chi connectivity index (χ2n) is 6.19. The molecule has 0 saturated heterocycles. The molecule has 0 fully saturated rings. The van der Waals surface area contributed by atoms with E-state index in [2.05, 4.69) is 36.4 Å². The van der Waals surface area contributed by atoms with E-state index in [0.29, 0.717) is 11.5 Å². The molecule has 1 aliphatic rings. The molecule has 0 N–H and O–H groups in total. The average Bonchev–Trinajstić information content (AvgIpc) is 2.73. The second kappa shape index (κ2) is 7.59. The first-order valence-corrected chi connectivity index (χ1v) is 8.76. The Labute approximate surface area is 158 Å². The fourth-order valence-electron chi connectivity index (χ4n) is 3.14. The highest BCUT2D eigenvalue weighted by atomic mass is 16.5. The lowest BCUT2D eigenvalue weighted by atomic mass is 9.96. The van der Waals surface area contributed by atoms with Crippen molar-refractivity contribution in [1.29, 1.82) is 5.26 Å². The number of hydrogen-bond acceptors (Lipinski definition) is 2. The zero-order valence-electron chi connectivity index (χ0n) is 14.7. The van der Waals surface area contributed by atoms with Gasteiger partial charge in [0.05, 0.1) is 12.1 Å². The third-order valence-corrected chi connectivity index (χ3v) is 4.38. The van der Waals surface area contributed by atoms with E-state index in [1.807, 2.05) is 66.8 Å². The first-order chi connectivity index (χ1) is 13.3. The Bertz CT molecular complexity index is 1140. The van der Waals surface area contributed by atoms with Gasteiger partial charge in [0.15, 0.2) is 0 Å². The van der Waals surface area contributed by atoms with E-state index in [1.54, 1.807) is 0 Å². The van der Waals surface area contributed by atoms with Gasteiger partial charge in [0.25, 0.3) is 0 Å². The normalized spacial score (nSPS) is 15.3. The molecule has 0 atom stereocenters. The van der Waals surface area contributed by atoms with Crippen molar-refractivity contribution in [2.24, 2.45) is 0 Å². The van der Waals surface area contributed by atoms with Crippen LogP contribution in [0, 0.1) is 11.3 Å². The molecular weight excluding hydrogens is 330 g/mol. The molecule has 27 heavy (non-hydrogen) atoms. The van der Waals surface area contributed by atoms with Gasteiger partial charge in [0.1, 0.15) is 11.5 Å². The number of benzene rings is 3. The van der Waals surface area contributed by atoms with Crippen LogP contribution in [0.15, 0.2) is 109 Å². The minimum Gasteiger partial charge on any atom is -0.457 e. The second-order valence-corrected chi connectivity index (χ2v) is 6.19. The summed E-state index contributed by atoms with van der Waals surface area (Å²) in [5.74, 6) is 1.24. The number of hydrogen-bond donors (Lipinski definition) is 0. The van der Waals surface area contributed by atoms with Gasteiger partial charge >= 0.3 is 0 Å². The van der Waals surface area contributed by atoms with E-state index in [-0.39, 0.29) is 0 Å². The molecule has 0 aliphatic carbocycles. The summed E-state index contributed by atoms with van der Waals surface area (Å²) in [6.45, 7) is 0. The Balaban J connectivity index is 1.78. The first-order valence-electron chi connectivity index (χ1n) is 8.76. The predicted octanol–water partition coefficient (Wildman–Crippen LogP) is 6.26. The Kier molecular flexibility index (Phi) is 4.68. The molecule has 3 aromatic rings. The van der Waals surface area contributed by atoms with Gasteiger partial charge in [-0.1, -0.05) is 78.9 Å². The SMILES string of the molecule is N#C/C=C1/C=C(c2cccc3ccccc23)C=C(/C=C/c2ccccc2)O1. The van der Waals surface area contributed by atoms with Crippen molar-refractivity contribution < 1.29 is 4.74 Å². The van der Waals surface area contributed by atoms with Crippen molar-refractivity contribution in [3.8, 4) is 6.07 Å². The molecule has 1 aliphatic heterocycles. The monoisotopic (exact) mass is 347 g/mol. The standard InChI is InChI=1S/C25H17NO/c26-16-15-23-18-21(25-12-6-10-20-9-4-5-11-24(20)25)17-22(27-23)14-13-19-7-2-1-3-8-19/h1-15,17-18H/b14-13+,23-15-. The highest BCUT2D eigenvalue weighted by Crippen LogP contribution is 2.31. The van der Waals surface area contributed by atoms with Crippen molar-refractivity contribution in [3.05, 3.63) is 120 Å². The summed E-state index contributed by atoms with van der Waals surface area (Å²) in [5.41, 5.74) is 3.23. The van der Waals surface area contributed by atoms with Crippen molar-refractivity contribution in [2.75, 3.05) is 0 Å². The summed E-state index contributed by atoms with van der Waals surface area (Å²) < 4.78 is 5.85. The first kappa shape index (κ1) is 16.6. The lowest BCUT2D eigenvalue weighted by Crippen LogP contribution is -1.98. The van der Waals surface area contributed by atoms with E-state index < -0.39 is 0 Å². The van der Waals surface area contributed by atoms with Crippen molar-refractivity contribution in [2.45, 2.75) is 0 Å². The number of fused-ring (bicyclic) bond motifs is 1. The van der Waals surface area contributed by atoms with Crippen LogP contribution in [0.2, 0.25) is 0 Å². The molecule has 4 rings (SSSR count). The Hall–Kier alpha value is -3.83. The Morgan fingerprint density at radius 3 is 2.41 bits per heavy atom. The van der Waals surface area contributed by atoms with Gasteiger partial charge in [-0.3, -0.25) is 0 Å². The van der Waals surface area contributed by atoms with Crippen LogP contribution in [0.3, 0.4) is 0 Å². The van der Waals surface area contributed by atoms with Gasteiger partial charge < -0.3 is 4.74 Å². The molecule has 0 bridgehead atoms. The van der Waals surface area contributed by atoms with Crippen LogP contribution in [-0.2, 0) is 4.74 Å². The van der Waals surface area contributed by atoms with E-state index in [0.717, 1.165) is 16.7 Å². The van der Waals surface area contributed by atoms with Gasteiger partial charge in [-0.15, -0.1) is 0 Å². The number of nitriles is 1. The molecule has 2 nitrogen and oxygen atoms in total. The minimum absolute atomic E-state index is 0.538. The molecule has 3 aromatic carbocycles. The van der Waals surface area contributed by atoms with Crippen LogP contribution in [0.5, 0.6) is 0 Å². The molecule has 0 spiro atoms. The van der Waals surface area contributed by atoms with E-state index in [1.165, 1.54) is 16.8 Å². The van der Waals surface area contributed by atoms with Crippen LogP contribution < -0.4 is 0 Å². The number of ether oxygens (including phenoxy) is 1. The summed E-state index contributed by atoms with van der Waals surface area (Å²) in [6, 6.07) is 26.7.